The van der Waals surface area contributed by atoms with Crippen molar-refractivity contribution in [1.82, 2.24) is 9.88 Å². The van der Waals surface area contributed by atoms with Crippen molar-refractivity contribution in [3.8, 4) is 6.07 Å². The Labute approximate surface area is 83.0 Å². The average Bonchev–Trinajstić information content (AvgIpc) is 2.17. The Morgan fingerprint density at radius 1 is 1.64 bits per heavy atom. The highest BCUT2D eigenvalue weighted by molar-refractivity contribution is 5.51. The van der Waals surface area contributed by atoms with Crippen molar-refractivity contribution in [1.29, 1.82) is 5.26 Å². The zero-order chi connectivity index (χ0) is 10.1. The van der Waals surface area contributed by atoms with Crippen LogP contribution in [0.15, 0.2) is 6.07 Å². The molecule has 0 bridgehead atoms. The number of nitrogens with zero attached hydrogens (tertiary/aromatic N) is 3. The van der Waals surface area contributed by atoms with Crippen LogP contribution in [0.25, 0.3) is 0 Å². The van der Waals surface area contributed by atoms with E-state index in [-0.39, 0.29) is 0 Å². The molecule has 0 amide bonds. The lowest BCUT2D eigenvalue weighted by atomic mass is 10.0. The van der Waals surface area contributed by atoms with Gasteiger partial charge in [0.25, 0.3) is 0 Å². The Morgan fingerprint density at radius 3 is 3.14 bits per heavy atom. The molecule has 0 saturated carbocycles. The third-order valence-corrected chi connectivity index (χ3v) is 2.51. The molecule has 14 heavy (non-hydrogen) atoms. The largest absolute Gasteiger partial charge is 0.383 e. The number of likely N-dealkylation sites (N-methyl/N-ethyl adjacent to an activating group) is 1. The zero-order valence-electron chi connectivity index (χ0n) is 8.12. The van der Waals surface area contributed by atoms with Gasteiger partial charge in [-0.1, -0.05) is 0 Å². The van der Waals surface area contributed by atoms with E-state index in [1.807, 2.05) is 6.07 Å². The van der Waals surface area contributed by atoms with E-state index in [0.29, 0.717) is 11.4 Å². The lowest BCUT2D eigenvalue weighted by molar-refractivity contribution is 0.310. The molecule has 0 radical (unpaired) electrons. The summed E-state index contributed by atoms with van der Waals surface area (Å²) in [7, 11) is 2.06. The first kappa shape index (κ1) is 8.97. The number of hydrogen-bond acceptors (Lipinski definition) is 4. The van der Waals surface area contributed by atoms with Gasteiger partial charge in [-0.25, -0.2) is 4.98 Å². The van der Waals surface area contributed by atoms with Crippen LogP contribution in [-0.4, -0.2) is 23.5 Å². The SMILES string of the molecule is CN1CCc2nc(N)c(C#N)cc2C1. The number of pyridine rings is 1. The van der Waals surface area contributed by atoms with Gasteiger partial charge in [0.2, 0.25) is 0 Å². The molecule has 0 fully saturated rings. The standard InChI is InChI=1S/C10H12N4/c1-14-3-2-9-8(6-14)4-7(5-11)10(12)13-9/h4H,2-3,6H2,1H3,(H2,12,13). The fraction of sp³-hybridized carbons (Fsp3) is 0.400. The minimum atomic E-state index is 0.357. The number of nitrogen functional groups attached to an aromatic ring is 1. The van der Waals surface area contributed by atoms with Gasteiger partial charge in [0, 0.05) is 25.2 Å². The molecule has 1 aliphatic rings. The Morgan fingerprint density at radius 2 is 2.43 bits per heavy atom. The molecule has 1 aromatic rings. The van der Waals surface area contributed by atoms with Gasteiger partial charge >= 0.3 is 0 Å². The van der Waals surface area contributed by atoms with Crippen molar-refractivity contribution in [2.45, 2.75) is 13.0 Å². The maximum Gasteiger partial charge on any atom is 0.141 e. The van der Waals surface area contributed by atoms with Crippen molar-refractivity contribution in [3.63, 3.8) is 0 Å². The maximum absolute atomic E-state index is 8.80. The minimum absolute atomic E-state index is 0.357. The number of fused-ring (bicyclic) bond motifs is 1. The molecule has 0 unspecified atom stereocenters. The van der Waals surface area contributed by atoms with Crippen LogP contribution in [-0.2, 0) is 13.0 Å². The smallest absolute Gasteiger partial charge is 0.141 e. The first-order valence-corrected chi connectivity index (χ1v) is 4.57. The minimum Gasteiger partial charge on any atom is -0.383 e. The maximum atomic E-state index is 8.80. The Kier molecular flexibility index (Phi) is 2.10. The van der Waals surface area contributed by atoms with E-state index in [1.165, 1.54) is 0 Å². The monoisotopic (exact) mass is 188 g/mol. The number of nitriles is 1. The predicted octanol–water partition coefficient (Wildman–Crippen LogP) is 0.523. The second-order valence-corrected chi connectivity index (χ2v) is 3.63. The molecule has 72 valence electrons. The Balaban J connectivity index is 2.47. The summed E-state index contributed by atoms with van der Waals surface area (Å²) in [6.07, 6.45) is 0.918. The van der Waals surface area contributed by atoms with Gasteiger partial charge in [-0.15, -0.1) is 0 Å². The summed E-state index contributed by atoms with van der Waals surface area (Å²) in [5, 5.41) is 8.80. The van der Waals surface area contributed by atoms with Crippen LogP contribution in [0.2, 0.25) is 0 Å². The van der Waals surface area contributed by atoms with Gasteiger partial charge in [-0.2, -0.15) is 5.26 Å². The highest BCUT2D eigenvalue weighted by Crippen LogP contribution is 2.20. The van der Waals surface area contributed by atoms with E-state index in [2.05, 4.69) is 23.0 Å². The van der Waals surface area contributed by atoms with Crippen LogP contribution >= 0.6 is 0 Å². The number of anilines is 1. The van der Waals surface area contributed by atoms with Crippen molar-refractivity contribution in [3.05, 3.63) is 22.9 Å². The molecular weight excluding hydrogens is 176 g/mol. The fourth-order valence-corrected chi connectivity index (χ4v) is 1.72. The highest BCUT2D eigenvalue weighted by atomic mass is 15.1. The molecule has 0 saturated heterocycles. The molecule has 0 spiro atoms. The lowest BCUT2D eigenvalue weighted by Crippen LogP contribution is -2.27. The Hall–Kier alpha value is -1.60. The van der Waals surface area contributed by atoms with E-state index in [4.69, 9.17) is 11.0 Å². The summed E-state index contributed by atoms with van der Waals surface area (Å²) in [4.78, 5) is 6.46. The van der Waals surface area contributed by atoms with Crippen molar-refractivity contribution in [2.75, 3.05) is 19.3 Å². The first-order valence-electron chi connectivity index (χ1n) is 4.57. The van der Waals surface area contributed by atoms with E-state index in [0.717, 1.165) is 30.8 Å². The summed E-state index contributed by atoms with van der Waals surface area (Å²) in [5.41, 5.74) is 8.30. The lowest BCUT2D eigenvalue weighted by Gasteiger charge is -2.24. The Bertz CT molecular complexity index is 405. The summed E-state index contributed by atoms with van der Waals surface area (Å²) < 4.78 is 0. The summed E-state index contributed by atoms with van der Waals surface area (Å²) in [6, 6.07) is 3.91. The molecule has 1 aliphatic heterocycles. The first-order chi connectivity index (χ1) is 6.70. The van der Waals surface area contributed by atoms with Crippen LogP contribution < -0.4 is 5.73 Å². The summed E-state index contributed by atoms with van der Waals surface area (Å²) >= 11 is 0. The van der Waals surface area contributed by atoms with Gasteiger partial charge in [-0.05, 0) is 18.7 Å². The molecular formula is C10H12N4. The second kappa shape index (κ2) is 3.28. The molecule has 1 aromatic heterocycles. The number of aromatic nitrogens is 1. The molecule has 4 heteroatoms. The average molecular weight is 188 g/mol. The van der Waals surface area contributed by atoms with Gasteiger partial charge in [0.15, 0.2) is 0 Å². The molecule has 4 nitrogen and oxygen atoms in total. The van der Waals surface area contributed by atoms with Crippen LogP contribution in [0, 0.1) is 11.3 Å². The summed E-state index contributed by atoms with van der Waals surface area (Å²) in [5.74, 6) is 0.357. The zero-order valence-corrected chi connectivity index (χ0v) is 8.12. The predicted molar refractivity (Wildman–Crippen MR) is 53.4 cm³/mol. The van der Waals surface area contributed by atoms with E-state index >= 15 is 0 Å². The third kappa shape index (κ3) is 1.42. The molecule has 0 atom stereocenters. The molecule has 0 aliphatic carbocycles. The topological polar surface area (TPSA) is 65.9 Å². The number of rotatable bonds is 0. The van der Waals surface area contributed by atoms with Crippen molar-refractivity contribution < 1.29 is 0 Å². The molecule has 2 rings (SSSR count). The molecule has 2 heterocycles. The highest BCUT2D eigenvalue weighted by Gasteiger charge is 2.16. The van der Waals surface area contributed by atoms with Gasteiger partial charge < -0.3 is 10.6 Å². The molecule has 2 N–H and O–H groups in total. The normalized spacial score (nSPS) is 16.0. The third-order valence-electron chi connectivity index (χ3n) is 2.51. The van der Waals surface area contributed by atoms with Gasteiger partial charge in [0.05, 0.1) is 5.56 Å². The van der Waals surface area contributed by atoms with E-state index < -0.39 is 0 Å². The van der Waals surface area contributed by atoms with Crippen LogP contribution in [0.3, 0.4) is 0 Å². The van der Waals surface area contributed by atoms with Gasteiger partial charge in [-0.3, -0.25) is 0 Å². The van der Waals surface area contributed by atoms with Crippen LogP contribution in [0.1, 0.15) is 16.8 Å². The van der Waals surface area contributed by atoms with Crippen molar-refractivity contribution in [2.24, 2.45) is 0 Å². The van der Waals surface area contributed by atoms with Crippen LogP contribution in [0.4, 0.5) is 5.82 Å². The van der Waals surface area contributed by atoms with Crippen LogP contribution in [0.5, 0.6) is 0 Å². The van der Waals surface area contributed by atoms with Gasteiger partial charge in [0.1, 0.15) is 11.9 Å². The molecule has 0 aromatic carbocycles. The van der Waals surface area contributed by atoms with Crippen molar-refractivity contribution >= 4 is 5.82 Å². The summed E-state index contributed by atoms with van der Waals surface area (Å²) in [6.45, 7) is 1.86. The fourth-order valence-electron chi connectivity index (χ4n) is 1.72. The van der Waals surface area contributed by atoms with E-state index in [9.17, 15) is 0 Å². The number of hydrogen-bond donors (Lipinski definition) is 1. The second-order valence-electron chi connectivity index (χ2n) is 3.63. The quantitative estimate of drug-likeness (QED) is 0.644. The van der Waals surface area contributed by atoms with E-state index in [1.54, 1.807) is 0 Å². The number of nitrogens with two attached hydrogens (primary N) is 1.